The molecule has 1 saturated heterocycles. The number of piperidine rings is 1. The van der Waals surface area contributed by atoms with Crippen LogP contribution in [0.1, 0.15) is 36.8 Å². The van der Waals surface area contributed by atoms with Crippen LogP contribution in [0.3, 0.4) is 0 Å². The number of hydrogen-bond donors (Lipinski definition) is 1. The fraction of sp³-hybridized carbons (Fsp3) is 0.300. The summed E-state index contributed by atoms with van der Waals surface area (Å²) in [4.78, 5) is 19.0. The topological polar surface area (TPSA) is 84.2 Å². The maximum absolute atomic E-state index is 12.9. The summed E-state index contributed by atoms with van der Waals surface area (Å²) in [5.41, 5.74) is 2.63. The number of aromatic nitrogens is 3. The van der Waals surface area contributed by atoms with Crippen LogP contribution in [-0.2, 0) is 0 Å². The van der Waals surface area contributed by atoms with Crippen LogP contribution in [0.2, 0.25) is 0 Å². The number of carbonyl (C=O) groups is 1. The number of aryl methyl sites for hydroxylation is 1. The fourth-order valence-electron chi connectivity index (χ4n) is 3.40. The van der Waals surface area contributed by atoms with Crippen LogP contribution >= 0.6 is 0 Å². The first kappa shape index (κ1) is 17.2. The second kappa shape index (κ2) is 7.57. The van der Waals surface area contributed by atoms with E-state index in [9.17, 15) is 4.79 Å². The molecule has 7 nitrogen and oxygen atoms in total. The van der Waals surface area contributed by atoms with Crippen molar-refractivity contribution in [2.75, 3.05) is 11.9 Å². The summed E-state index contributed by atoms with van der Waals surface area (Å²) in [5, 5.41) is 10.8. The standard InChI is InChI=1S/C20H21N5O2/c1-14-23-24-19(27-14)15-7-9-17(10-8-15)22-20(26)25-12-3-2-6-18(25)16-5-4-11-21-13-16/h4-5,7-11,13,18H,2-3,6,12H2,1H3,(H,22,26). The van der Waals surface area contributed by atoms with Gasteiger partial charge in [-0.15, -0.1) is 10.2 Å². The van der Waals surface area contributed by atoms with Crippen molar-refractivity contribution in [2.45, 2.75) is 32.2 Å². The highest BCUT2D eigenvalue weighted by atomic mass is 16.4. The first-order valence-electron chi connectivity index (χ1n) is 9.09. The second-order valence-electron chi connectivity index (χ2n) is 6.63. The molecule has 1 aromatic carbocycles. The smallest absolute Gasteiger partial charge is 0.322 e. The summed E-state index contributed by atoms with van der Waals surface area (Å²) in [5.74, 6) is 0.993. The van der Waals surface area contributed by atoms with Crippen LogP contribution in [0.5, 0.6) is 0 Å². The monoisotopic (exact) mass is 363 g/mol. The summed E-state index contributed by atoms with van der Waals surface area (Å²) < 4.78 is 5.43. The van der Waals surface area contributed by atoms with Crippen LogP contribution in [0.4, 0.5) is 10.5 Å². The molecule has 7 heteroatoms. The van der Waals surface area contributed by atoms with Crippen LogP contribution in [0.15, 0.2) is 53.2 Å². The van der Waals surface area contributed by atoms with E-state index in [1.165, 1.54) is 0 Å². The Hall–Kier alpha value is -3.22. The van der Waals surface area contributed by atoms with Crippen LogP contribution < -0.4 is 5.32 Å². The second-order valence-corrected chi connectivity index (χ2v) is 6.63. The van der Waals surface area contributed by atoms with Crippen LogP contribution in [-0.4, -0.2) is 32.7 Å². The van der Waals surface area contributed by atoms with E-state index >= 15 is 0 Å². The highest BCUT2D eigenvalue weighted by Crippen LogP contribution is 2.31. The number of carbonyl (C=O) groups excluding carboxylic acids is 1. The molecule has 1 aliphatic heterocycles. The number of hydrogen-bond acceptors (Lipinski definition) is 5. The summed E-state index contributed by atoms with van der Waals surface area (Å²) in [6, 6.07) is 11.3. The number of benzene rings is 1. The Kier molecular flexibility index (Phi) is 4.82. The third kappa shape index (κ3) is 3.81. The van der Waals surface area contributed by atoms with Gasteiger partial charge in [-0.1, -0.05) is 6.07 Å². The van der Waals surface area contributed by atoms with Gasteiger partial charge >= 0.3 is 6.03 Å². The highest BCUT2D eigenvalue weighted by molar-refractivity contribution is 5.90. The van der Waals surface area contributed by atoms with E-state index in [1.807, 2.05) is 47.5 Å². The molecule has 1 unspecified atom stereocenters. The first-order valence-corrected chi connectivity index (χ1v) is 9.09. The molecule has 0 saturated carbocycles. The third-order valence-electron chi connectivity index (χ3n) is 4.74. The van der Waals surface area contributed by atoms with Gasteiger partial charge in [-0.3, -0.25) is 4.98 Å². The van der Waals surface area contributed by atoms with Crippen molar-refractivity contribution in [3.05, 3.63) is 60.2 Å². The van der Waals surface area contributed by atoms with Crippen molar-refractivity contribution in [1.29, 1.82) is 0 Å². The number of amides is 2. The van der Waals surface area contributed by atoms with E-state index in [0.717, 1.165) is 42.6 Å². The molecule has 1 N–H and O–H groups in total. The molecule has 0 bridgehead atoms. The quantitative estimate of drug-likeness (QED) is 0.754. The molecule has 3 heterocycles. The Balaban J connectivity index is 1.47. The van der Waals surface area contributed by atoms with Gasteiger partial charge < -0.3 is 14.6 Å². The first-order chi connectivity index (χ1) is 13.2. The van der Waals surface area contributed by atoms with Crippen LogP contribution in [0.25, 0.3) is 11.5 Å². The van der Waals surface area contributed by atoms with Gasteiger partial charge in [0.25, 0.3) is 0 Å². The molecule has 1 aliphatic rings. The van der Waals surface area contributed by atoms with Crippen molar-refractivity contribution in [1.82, 2.24) is 20.1 Å². The van der Waals surface area contributed by atoms with Crippen LogP contribution in [0, 0.1) is 6.92 Å². The average Bonchev–Trinajstić information content (AvgIpc) is 3.15. The number of nitrogens with zero attached hydrogens (tertiary/aromatic N) is 4. The maximum atomic E-state index is 12.9. The van der Waals surface area contributed by atoms with Gasteiger partial charge in [0.05, 0.1) is 6.04 Å². The lowest BCUT2D eigenvalue weighted by atomic mass is 9.97. The fourth-order valence-corrected chi connectivity index (χ4v) is 3.40. The number of pyridine rings is 1. The van der Waals surface area contributed by atoms with Gasteiger partial charge in [0, 0.05) is 37.1 Å². The molecule has 138 valence electrons. The minimum Gasteiger partial charge on any atom is -0.421 e. The van der Waals surface area contributed by atoms with E-state index < -0.39 is 0 Å². The van der Waals surface area contributed by atoms with E-state index in [0.29, 0.717) is 11.8 Å². The molecule has 4 rings (SSSR count). The molecule has 2 amide bonds. The Labute approximate surface area is 157 Å². The number of likely N-dealkylation sites (tertiary alicyclic amines) is 1. The minimum absolute atomic E-state index is 0.0630. The van der Waals surface area contributed by atoms with Gasteiger partial charge in [-0.05, 0) is 55.2 Å². The zero-order valence-corrected chi connectivity index (χ0v) is 15.1. The molecule has 3 aromatic rings. The van der Waals surface area contributed by atoms with Gasteiger partial charge in [0.15, 0.2) is 0 Å². The largest absolute Gasteiger partial charge is 0.421 e. The Bertz CT molecular complexity index is 908. The minimum atomic E-state index is -0.0927. The summed E-state index contributed by atoms with van der Waals surface area (Å²) in [6.45, 7) is 2.49. The molecule has 0 radical (unpaired) electrons. The van der Waals surface area contributed by atoms with E-state index in [4.69, 9.17) is 4.42 Å². The number of anilines is 1. The maximum Gasteiger partial charge on any atom is 0.322 e. The highest BCUT2D eigenvalue weighted by Gasteiger charge is 2.28. The van der Waals surface area contributed by atoms with Crippen molar-refractivity contribution >= 4 is 11.7 Å². The lowest BCUT2D eigenvalue weighted by Crippen LogP contribution is -2.41. The lowest BCUT2D eigenvalue weighted by molar-refractivity contribution is 0.163. The molecular formula is C20H21N5O2. The van der Waals surface area contributed by atoms with Gasteiger partial charge in [0.1, 0.15) is 0 Å². The van der Waals surface area contributed by atoms with Crippen molar-refractivity contribution in [3.8, 4) is 11.5 Å². The molecule has 2 aromatic heterocycles. The number of rotatable bonds is 3. The molecular weight excluding hydrogens is 342 g/mol. The third-order valence-corrected chi connectivity index (χ3v) is 4.74. The Morgan fingerprint density at radius 2 is 2.04 bits per heavy atom. The Morgan fingerprint density at radius 1 is 1.19 bits per heavy atom. The Morgan fingerprint density at radius 3 is 2.74 bits per heavy atom. The molecule has 0 aliphatic carbocycles. The van der Waals surface area contributed by atoms with Gasteiger partial charge in [0.2, 0.25) is 11.8 Å². The van der Waals surface area contributed by atoms with Gasteiger partial charge in [-0.25, -0.2) is 4.79 Å². The SMILES string of the molecule is Cc1nnc(-c2ccc(NC(=O)N3CCCCC3c3cccnc3)cc2)o1. The molecule has 1 fully saturated rings. The zero-order chi connectivity index (χ0) is 18.6. The predicted octanol–water partition coefficient (Wildman–Crippen LogP) is 4.20. The summed E-state index contributed by atoms with van der Waals surface area (Å²) >= 11 is 0. The van der Waals surface area contributed by atoms with Crippen molar-refractivity contribution in [3.63, 3.8) is 0 Å². The molecule has 0 spiro atoms. The lowest BCUT2D eigenvalue weighted by Gasteiger charge is -2.35. The van der Waals surface area contributed by atoms with Crippen molar-refractivity contribution < 1.29 is 9.21 Å². The molecule has 27 heavy (non-hydrogen) atoms. The number of urea groups is 1. The van der Waals surface area contributed by atoms with E-state index in [1.54, 1.807) is 13.1 Å². The van der Waals surface area contributed by atoms with E-state index in [2.05, 4.69) is 20.5 Å². The average molecular weight is 363 g/mol. The van der Waals surface area contributed by atoms with Crippen molar-refractivity contribution in [2.24, 2.45) is 0 Å². The summed E-state index contributed by atoms with van der Waals surface area (Å²) in [7, 11) is 0. The van der Waals surface area contributed by atoms with Gasteiger partial charge in [-0.2, -0.15) is 0 Å². The zero-order valence-electron chi connectivity index (χ0n) is 15.1. The predicted molar refractivity (Wildman–Crippen MR) is 101 cm³/mol. The normalized spacial score (nSPS) is 16.9. The van der Waals surface area contributed by atoms with E-state index in [-0.39, 0.29) is 12.1 Å². The number of nitrogens with one attached hydrogen (secondary N) is 1. The summed E-state index contributed by atoms with van der Waals surface area (Å²) in [6.07, 6.45) is 6.68. The molecule has 1 atom stereocenters.